The number of ether oxygens (including phenoxy) is 1. The smallest absolute Gasteiger partial charge is 0.267 e. The lowest BCUT2D eigenvalue weighted by Crippen LogP contribution is -2.26. The molecule has 2 aromatic carbocycles. The first-order valence-corrected chi connectivity index (χ1v) is 12.7. The van der Waals surface area contributed by atoms with Gasteiger partial charge in [0.15, 0.2) is 23.1 Å². The zero-order chi connectivity index (χ0) is 26.8. The number of aliphatic hydroxyl groups excluding tert-OH is 1. The monoisotopic (exact) mass is 550 g/mol. The van der Waals surface area contributed by atoms with Gasteiger partial charge in [-0.05, 0) is 41.8 Å². The molecule has 0 aliphatic heterocycles. The van der Waals surface area contributed by atoms with Crippen LogP contribution in [-0.2, 0) is 12.8 Å². The van der Waals surface area contributed by atoms with Gasteiger partial charge in [-0.3, -0.25) is 14.2 Å². The summed E-state index contributed by atoms with van der Waals surface area (Å²) in [6.07, 6.45) is 1.51. The largest absolute Gasteiger partial charge is 0.453 e. The van der Waals surface area contributed by atoms with Crippen molar-refractivity contribution in [2.45, 2.75) is 12.8 Å². The number of nitrogens with zero attached hydrogens (tertiary/aromatic N) is 3. The number of fused-ring (bicyclic) bond motifs is 1. The predicted molar refractivity (Wildman–Crippen MR) is 144 cm³/mol. The number of thiazole rings is 1. The van der Waals surface area contributed by atoms with Crippen LogP contribution in [0.25, 0.3) is 16.0 Å². The Kier molecular flexibility index (Phi) is 7.19. The minimum Gasteiger partial charge on any atom is -0.453 e. The number of benzene rings is 2. The van der Waals surface area contributed by atoms with E-state index < -0.39 is 17.2 Å². The molecule has 5 rings (SSSR count). The fourth-order valence-electron chi connectivity index (χ4n) is 4.06. The fraction of sp³-hybridized carbons (Fsp3) is 0.111. The van der Waals surface area contributed by atoms with Crippen molar-refractivity contribution in [3.05, 3.63) is 104 Å². The molecule has 0 aliphatic carbocycles. The third-order valence-corrected chi connectivity index (χ3v) is 7.07. The number of pyridine rings is 2. The predicted octanol–water partition coefficient (Wildman–Crippen LogP) is 4.97. The molecule has 8 nitrogen and oxygen atoms in total. The Bertz CT molecular complexity index is 1740. The van der Waals surface area contributed by atoms with E-state index in [1.54, 1.807) is 17.6 Å². The SMILES string of the molecule is Nc1nccc(Oc2ccc(CC(=O)c3cc4ncsc4n(-c4ccccc4CCO)c3=O)cc2F)c1Cl. The van der Waals surface area contributed by atoms with Gasteiger partial charge in [-0.1, -0.05) is 35.9 Å². The normalized spacial score (nSPS) is 11.1. The number of carbonyl (C=O) groups is 1. The highest BCUT2D eigenvalue weighted by Gasteiger charge is 2.20. The molecule has 0 bridgehead atoms. The molecule has 11 heteroatoms. The average molecular weight is 551 g/mol. The van der Waals surface area contributed by atoms with E-state index in [-0.39, 0.29) is 40.9 Å². The van der Waals surface area contributed by atoms with Crippen molar-refractivity contribution >= 4 is 44.9 Å². The molecule has 0 aliphatic rings. The fourth-order valence-corrected chi connectivity index (χ4v) is 5.00. The standard InChI is InChI=1S/C27H20ClFN4O4S/c28-24-23(7-9-31-25(24)30)37-22-6-5-15(11-18(22)29)12-21(35)17-13-19-27(38-14-32-19)33(26(17)36)20-4-2-1-3-16(20)8-10-34/h1-7,9,11,13-14,34H,8,10,12H2,(H2,30,31). The third kappa shape index (κ3) is 4.89. The molecule has 0 atom stereocenters. The van der Waals surface area contributed by atoms with Crippen LogP contribution in [0.2, 0.25) is 5.02 Å². The lowest BCUT2D eigenvalue weighted by molar-refractivity contribution is 0.0991. The summed E-state index contributed by atoms with van der Waals surface area (Å²) in [5.74, 6) is -1.13. The van der Waals surface area contributed by atoms with Gasteiger partial charge in [-0.2, -0.15) is 0 Å². The van der Waals surface area contributed by atoms with Gasteiger partial charge >= 0.3 is 0 Å². The van der Waals surface area contributed by atoms with Crippen molar-refractivity contribution in [2.75, 3.05) is 12.3 Å². The maximum absolute atomic E-state index is 14.8. The van der Waals surface area contributed by atoms with Gasteiger partial charge in [-0.25, -0.2) is 14.4 Å². The molecule has 0 saturated carbocycles. The van der Waals surface area contributed by atoms with E-state index in [4.69, 9.17) is 22.1 Å². The molecule has 0 spiro atoms. The Morgan fingerprint density at radius 2 is 1.95 bits per heavy atom. The molecule has 3 N–H and O–H groups in total. The van der Waals surface area contributed by atoms with Crippen molar-refractivity contribution < 1.29 is 19.0 Å². The number of Topliss-reactive ketones (excluding diaryl/α,β-unsaturated/α-hetero) is 1. The van der Waals surface area contributed by atoms with Crippen molar-refractivity contribution in [3.8, 4) is 17.2 Å². The zero-order valence-electron chi connectivity index (χ0n) is 19.7. The highest BCUT2D eigenvalue weighted by molar-refractivity contribution is 7.16. The number of nitrogen functional groups attached to an aromatic ring is 1. The van der Waals surface area contributed by atoms with Crippen molar-refractivity contribution in [2.24, 2.45) is 0 Å². The summed E-state index contributed by atoms with van der Waals surface area (Å²) in [5, 5.41) is 9.54. The summed E-state index contributed by atoms with van der Waals surface area (Å²) in [6, 6.07) is 14.2. The number of rotatable bonds is 8. The molecule has 0 unspecified atom stereocenters. The number of aromatic nitrogens is 3. The van der Waals surface area contributed by atoms with E-state index in [0.29, 0.717) is 28.0 Å². The molecule has 0 amide bonds. The van der Waals surface area contributed by atoms with E-state index in [2.05, 4.69) is 9.97 Å². The van der Waals surface area contributed by atoms with E-state index in [9.17, 15) is 19.1 Å². The molecule has 3 heterocycles. The van der Waals surface area contributed by atoms with Crippen LogP contribution in [-0.4, -0.2) is 32.0 Å². The van der Waals surface area contributed by atoms with Gasteiger partial charge in [-0.15, -0.1) is 11.3 Å². The van der Waals surface area contributed by atoms with E-state index in [1.165, 1.54) is 52.4 Å². The molecular weight excluding hydrogens is 531 g/mol. The number of nitrogens with two attached hydrogens (primary N) is 1. The molecule has 0 saturated heterocycles. The maximum Gasteiger partial charge on any atom is 0.267 e. The molecule has 192 valence electrons. The summed E-state index contributed by atoms with van der Waals surface area (Å²) in [5.41, 5.74) is 8.84. The van der Waals surface area contributed by atoms with Crippen molar-refractivity contribution in [1.82, 2.24) is 14.5 Å². The molecular formula is C27H20ClFN4O4S. The summed E-state index contributed by atoms with van der Waals surface area (Å²) in [6.45, 7) is -0.0950. The first-order chi connectivity index (χ1) is 18.4. The second-order valence-electron chi connectivity index (χ2n) is 8.32. The van der Waals surface area contributed by atoms with Gasteiger partial charge in [0, 0.05) is 25.3 Å². The van der Waals surface area contributed by atoms with Crippen LogP contribution >= 0.6 is 22.9 Å². The van der Waals surface area contributed by atoms with E-state index >= 15 is 0 Å². The topological polar surface area (TPSA) is 120 Å². The van der Waals surface area contributed by atoms with Crippen molar-refractivity contribution in [1.29, 1.82) is 0 Å². The highest BCUT2D eigenvalue weighted by atomic mass is 35.5. The molecule has 0 radical (unpaired) electrons. The van der Waals surface area contributed by atoms with E-state index in [0.717, 1.165) is 5.56 Å². The van der Waals surface area contributed by atoms with E-state index in [1.807, 2.05) is 12.1 Å². The van der Waals surface area contributed by atoms with Gasteiger partial charge in [0.2, 0.25) is 0 Å². The van der Waals surface area contributed by atoms with Gasteiger partial charge in [0.05, 0.1) is 22.3 Å². The number of hydrogen-bond donors (Lipinski definition) is 2. The Morgan fingerprint density at radius 1 is 1.13 bits per heavy atom. The zero-order valence-corrected chi connectivity index (χ0v) is 21.3. The van der Waals surface area contributed by atoms with Gasteiger partial charge in [0.1, 0.15) is 15.7 Å². The Hall–Kier alpha value is -4.12. The summed E-state index contributed by atoms with van der Waals surface area (Å²) >= 11 is 7.34. The summed E-state index contributed by atoms with van der Waals surface area (Å²) < 4.78 is 21.8. The Labute approximate surface area is 224 Å². The first kappa shape index (κ1) is 25.5. The second kappa shape index (κ2) is 10.7. The summed E-state index contributed by atoms with van der Waals surface area (Å²) in [4.78, 5) is 35.6. The Balaban J connectivity index is 1.47. The lowest BCUT2D eigenvalue weighted by Gasteiger charge is -2.14. The van der Waals surface area contributed by atoms with Gasteiger partial charge < -0.3 is 15.6 Å². The van der Waals surface area contributed by atoms with Crippen LogP contribution in [0.1, 0.15) is 21.5 Å². The number of para-hydroxylation sites is 1. The Morgan fingerprint density at radius 3 is 2.74 bits per heavy atom. The third-order valence-electron chi connectivity index (χ3n) is 5.87. The number of anilines is 1. The van der Waals surface area contributed by atoms with Crippen LogP contribution in [0, 0.1) is 5.82 Å². The number of ketones is 1. The van der Waals surface area contributed by atoms with Crippen LogP contribution in [0.5, 0.6) is 11.5 Å². The molecule has 38 heavy (non-hydrogen) atoms. The quantitative estimate of drug-likeness (QED) is 0.262. The average Bonchev–Trinajstić information content (AvgIpc) is 3.37. The summed E-state index contributed by atoms with van der Waals surface area (Å²) in [7, 11) is 0. The van der Waals surface area contributed by atoms with Crippen LogP contribution in [0.15, 0.2) is 71.1 Å². The van der Waals surface area contributed by atoms with Crippen LogP contribution in [0.3, 0.4) is 0 Å². The van der Waals surface area contributed by atoms with Crippen LogP contribution < -0.4 is 16.0 Å². The molecule has 3 aromatic heterocycles. The number of hydrogen-bond acceptors (Lipinski definition) is 8. The number of carbonyl (C=O) groups excluding carboxylic acids is 1. The first-order valence-electron chi connectivity index (χ1n) is 11.4. The molecule has 5 aromatic rings. The van der Waals surface area contributed by atoms with Crippen LogP contribution in [0.4, 0.5) is 10.2 Å². The lowest BCUT2D eigenvalue weighted by atomic mass is 10.0. The highest BCUT2D eigenvalue weighted by Crippen LogP contribution is 2.33. The van der Waals surface area contributed by atoms with Crippen molar-refractivity contribution in [3.63, 3.8) is 0 Å². The number of aliphatic hydroxyl groups is 1. The molecule has 0 fully saturated rings. The minimum atomic E-state index is -0.716. The minimum absolute atomic E-state index is 0.0495. The second-order valence-corrected chi connectivity index (χ2v) is 9.53. The number of halogens is 2. The maximum atomic E-state index is 14.8. The van der Waals surface area contributed by atoms with Gasteiger partial charge in [0.25, 0.3) is 5.56 Å².